The Hall–Kier alpha value is -2.48. The lowest BCUT2D eigenvalue weighted by atomic mass is 10.2. The molecule has 2 aromatic heterocycles. The number of hydrogen-bond acceptors (Lipinski definition) is 6. The Balaban J connectivity index is 1.62. The number of carbonyl (C=O) groups excluding carboxylic acids is 1. The molecule has 134 valence electrons. The van der Waals surface area contributed by atoms with E-state index in [-0.39, 0.29) is 18.1 Å². The fourth-order valence-corrected chi connectivity index (χ4v) is 3.15. The Bertz CT molecular complexity index is 731. The number of aryl methyl sites for hydroxylation is 2. The number of carbonyl (C=O) groups is 1. The second kappa shape index (κ2) is 7.60. The fourth-order valence-electron chi connectivity index (χ4n) is 3.15. The summed E-state index contributed by atoms with van der Waals surface area (Å²) in [5, 5.41) is 7.11. The van der Waals surface area contributed by atoms with Crippen molar-refractivity contribution in [1.82, 2.24) is 25.1 Å². The van der Waals surface area contributed by atoms with Gasteiger partial charge in [0, 0.05) is 50.9 Å². The Kier molecular flexibility index (Phi) is 5.28. The summed E-state index contributed by atoms with van der Waals surface area (Å²) in [6.45, 7) is 3.26. The zero-order chi connectivity index (χ0) is 17.8. The number of amides is 1. The zero-order valence-electron chi connectivity index (χ0n) is 14.8. The molecule has 0 unspecified atom stereocenters. The van der Waals surface area contributed by atoms with Crippen LogP contribution in [0.2, 0.25) is 0 Å². The highest BCUT2D eigenvalue weighted by Gasteiger charge is 2.33. The summed E-state index contributed by atoms with van der Waals surface area (Å²) in [5.41, 5.74) is 1.81. The van der Waals surface area contributed by atoms with Crippen LogP contribution >= 0.6 is 0 Å². The second-order valence-electron chi connectivity index (χ2n) is 6.34. The summed E-state index contributed by atoms with van der Waals surface area (Å²) in [6, 6.07) is 3.96. The molecule has 0 spiro atoms. The van der Waals surface area contributed by atoms with Crippen LogP contribution in [0.15, 0.2) is 24.7 Å². The molecule has 0 aromatic carbocycles. The average molecular weight is 344 g/mol. The van der Waals surface area contributed by atoms with Crippen molar-refractivity contribution in [1.29, 1.82) is 0 Å². The lowest BCUT2D eigenvalue weighted by molar-refractivity contribution is -0.120. The van der Waals surface area contributed by atoms with Crippen LogP contribution in [0, 0.1) is 6.92 Å². The maximum atomic E-state index is 12.2. The number of rotatable bonds is 6. The van der Waals surface area contributed by atoms with Crippen LogP contribution in [0.25, 0.3) is 0 Å². The van der Waals surface area contributed by atoms with Gasteiger partial charge in [-0.2, -0.15) is 5.10 Å². The third-order valence-electron chi connectivity index (χ3n) is 4.59. The topological polar surface area (TPSA) is 85.2 Å². The summed E-state index contributed by atoms with van der Waals surface area (Å²) in [5.74, 6) is 0.862. The molecule has 2 atom stereocenters. The minimum atomic E-state index is -0.0108. The molecule has 2 aromatic rings. The molecule has 1 fully saturated rings. The van der Waals surface area contributed by atoms with Gasteiger partial charge in [0.15, 0.2) is 0 Å². The summed E-state index contributed by atoms with van der Waals surface area (Å²) >= 11 is 0. The van der Waals surface area contributed by atoms with Gasteiger partial charge < -0.3 is 15.0 Å². The normalized spacial score (nSPS) is 20.0. The van der Waals surface area contributed by atoms with Crippen molar-refractivity contribution in [3.63, 3.8) is 0 Å². The highest BCUT2D eigenvalue weighted by Crippen LogP contribution is 2.25. The standard InChI is InChI=1S/C17H24N6O2/c1-12-6-16(20-11-19-12)23-10-15(25-3)7-14(23)9-18-17(24)8-13-4-5-21-22(13)2/h4-6,11,14-15H,7-10H2,1-3H3,(H,18,24)/t14-,15-/m0/s1. The lowest BCUT2D eigenvalue weighted by Gasteiger charge is -2.25. The number of nitrogens with one attached hydrogen (secondary N) is 1. The van der Waals surface area contributed by atoms with E-state index >= 15 is 0 Å². The maximum absolute atomic E-state index is 12.2. The smallest absolute Gasteiger partial charge is 0.226 e. The molecule has 3 rings (SSSR count). The average Bonchev–Trinajstić information content (AvgIpc) is 3.19. The Morgan fingerprint density at radius 2 is 2.28 bits per heavy atom. The largest absolute Gasteiger partial charge is 0.380 e. The van der Waals surface area contributed by atoms with Gasteiger partial charge in [-0.3, -0.25) is 9.48 Å². The first-order valence-electron chi connectivity index (χ1n) is 8.38. The van der Waals surface area contributed by atoms with Gasteiger partial charge in [-0.05, 0) is 19.4 Å². The van der Waals surface area contributed by atoms with Gasteiger partial charge in [0.1, 0.15) is 12.1 Å². The van der Waals surface area contributed by atoms with Crippen LogP contribution in [-0.4, -0.2) is 58.0 Å². The monoisotopic (exact) mass is 344 g/mol. The maximum Gasteiger partial charge on any atom is 0.226 e. The van der Waals surface area contributed by atoms with E-state index in [2.05, 4.69) is 25.3 Å². The number of nitrogens with zero attached hydrogens (tertiary/aromatic N) is 5. The van der Waals surface area contributed by atoms with E-state index in [0.717, 1.165) is 30.2 Å². The predicted molar refractivity (Wildman–Crippen MR) is 93.2 cm³/mol. The van der Waals surface area contributed by atoms with Crippen LogP contribution in [0.1, 0.15) is 17.8 Å². The number of anilines is 1. The third-order valence-corrected chi connectivity index (χ3v) is 4.59. The summed E-state index contributed by atoms with van der Waals surface area (Å²) in [6.07, 6.45) is 4.58. The molecule has 0 saturated carbocycles. The van der Waals surface area contributed by atoms with Crippen molar-refractivity contribution in [3.8, 4) is 0 Å². The van der Waals surface area contributed by atoms with Gasteiger partial charge in [-0.25, -0.2) is 9.97 Å². The summed E-state index contributed by atoms with van der Waals surface area (Å²) in [4.78, 5) is 23.0. The quantitative estimate of drug-likeness (QED) is 0.820. The Labute approximate surface area is 147 Å². The number of aromatic nitrogens is 4. The van der Waals surface area contributed by atoms with Crippen molar-refractivity contribution < 1.29 is 9.53 Å². The number of methoxy groups -OCH3 is 1. The molecule has 8 heteroatoms. The van der Waals surface area contributed by atoms with Crippen LogP contribution in [0.5, 0.6) is 0 Å². The first kappa shape index (κ1) is 17.3. The van der Waals surface area contributed by atoms with E-state index in [1.54, 1.807) is 24.3 Å². The van der Waals surface area contributed by atoms with Gasteiger partial charge in [0.2, 0.25) is 5.91 Å². The molecule has 1 aliphatic heterocycles. The van der Waals surface area contributed by atoms with Crippen molar-refractivity contribution >= 4 is 11.7 Å². The van der Waals surface area contributed by atoms with Crippen LogP contribution in [0.3, 0.4) is 0 Å². The van der Waals surface area contributed by atoms with E-state index in [9.17, 15) is 4.79 Å². The van der Waals surface area contributed by atoms with E-state index in [0.29, 0.717) is 13.0 Å². The first-order chi connectivity index (χ1) is 12.1. The molecule has 1 N–H and O–H groups in total. The molecule has 1 saturated heterocycles. The summed E-state index contributed by atoms with van der Waals surface area (Å²) in [7, 11) is 3.55. The molecule has 0 aliphatic carbocycles. The van der Waals surface area contributed by atoms with E-state index in [4.69, 9.17) is 4.74 Å². The van der Waals surface area contributed by atoms with Gasteiger partial charge >= 0.3 is 0 Å². The molecule has 1 aliphatic rings. The van der Waals surface area contributed by atoms with Crippen molar-refractivity contribution in [2.45, 2.75) is 31.9 Å². The number of hydrogen-bond donors (Lipinski definition) is 1. The minimum Gasteiger partial charge on any atom is -0.380 e. The van der Waals surface area contributed by atoms with Crippen molar-refractivity contribution in [3.05, 3.63) is 36.0 Å². The third kappa shape index (κ3) is 4.14. The zero-order valence-corrected chi connectivity index (χ0v) is 14.8. The molecule has 0 bridgehead atoms. The molecule has 1 amide bonds. The Morgan fingerprint density at radius 3 is 2.96 bits per heavy atom. The van der Waals surface area contributed by atoms with E-state index < -0.39 is 0 Å². The van der Waals surface area contributed by atoms with Crippen LogP contribution in [-0.2, 0) is 23.0 Å². The number of ether oxygens (including phenoxy) is 1. The van der Waals surface area contributed by atoms with E-state index in [1.807, 2.05) is 26.1 Å². The van der Waals surface area contributed by atoms with E-state index in [1.165, 1.54) is 0 Å². The SMILES string of the molecule is CO[C@H]1C[C@@H](CNC(=O)Cc2ccnn2C)N(c2cc(C)ncn2)C1. The van der Waals surface area contributed by atoms with Crippen LogP contribution in [0.4, 0.5) is 5.82 Å². The van der Waals surface area contributed by atoms with Gasteiger partial charge in [-0.15, -0.1) is 0 Å². The van der Waals surface area contributed by atoms with Crippen LogP contribution < -0.4 is 10.2 Å². The molecule has 8 nitrogen and oxygen atoms in total. The molecule has 3 heterocycles. The highest BCUT2D eigenvalue weighted by atomic mass is 16.5. The van der Waals surface area contributed by atoms with Gasteiger partial charge in [-0.1, -0.05) is 0 Å². The molecule has 25 heavy (non-hydrogen) atoms. The molecular weight excluding hydrogens is 320 g/mol. The molecule has 0 radical (unpaired) electrons. The summed E-state index contributed by atoms with van der Waals surface area (Å²) < 4.78 is 7.24. The second-order valence-corrected chi connectivity index (χ2v) is 6.34. The highest BCUT2D eigenvalue weighted by molar-refractivity contribution is 5.78. The Morgan fingerprint density at radius 1 is 1.44 bits per heavy atom. The van der Waals surface area contributed by atoms with Crippen molar-refractivity contribution in [2.75, 3.05) is 25.1 Å². The van der Waals surface area contributed by atoms with Crippen molar-refractivity contribution in [2.24, 2.45) is 7.05 Å². The van der Waals surface area contributed by atoms with Gasteiger partial charge in [0.25, 0.3) is 0 Å². The minimum absolute atomic E-state index is 0.0108. The first-order valence-corrected chi connectivity index (χ1v) is 8.38. The lowest BCUT2D eigenvalue weighted by Crippen LogP contribution is -2.41. The predicted octanol–water partition coefficient (Wildman–Crippen LogP) is 0.471. The van der Waals surface area contributed by atoms with Gasteiger partial charge in [0.05, 0.1) is 18.6 Å². The molecular formula is C17H24N6O2. The fraction of sp³-hybridized carbons (Fsp3) is 0.529.